The van der Waals surface area contributed by atoms with Crippen molar-refractivity contribution in [1.82, 2.24) is 15.6 Å². The number of aromatic nitrogens is 1. The molecule has 1 saturated heterocycles. The predicted octanol–water partition coefficient (Wildman–Crippen LogP) is 5.40. The third-order valence-corrected chi connectivity index (χ3v) is 6.47. The topological polar surface area (TPSA) is 107 Å². The van der Waals surface area contributed by atoms with E-state index in [9.17, 15) is 14.9 Å². The lowest BCUT2D eigenvalue weighted by Crippen LogP contribution is -2.62. The number of rotatable bonds is 5. The lowest BCUT2D eigenvalue weighted by atomic mass is 9.79. The molecule has 0 unspecified atom stereocenters. The summed E-state index contributed by atoms with van der Waals surface area (Å²) in [4.78, 5) is 27.0. The van der Waals surface area contributed by atoms with Crippen LogP contribution in [0.5, 0.6) is 11.5 Å². The van der Waals surface area contributed by atoms with Crippen LogP contribution in [0.1, 0.15) is 56.5 Å². The van der Waals surface area contributed by atoms with E-state index in [0.717, 1.165) is 12.8 Å². The molecule has 3 aromatic rings. The number of ether oxygens (including phenoxy) is 1. The highest BCUT2D eigenvalue weighted by molar-refractivity contribution is 6.32. The van der Waals surface area contributed by atoms with E-state index in [1.54, 1.807) is 48.7 Å². The van der Waals surface area contributed by atoms with E-state index in [-0.39, 0.29) is 33.6 Å². The number of hydrogen-bond acceptors (Lipinski definition) is 5. The van der Waals surface area contributed by atoms with Crippen molar-refractivity contribution in [1.29, 1.82) is 5.26 Å². The molecule has 0 saturated carbocycles. The molecule has 7 nitrogen and oxygen atoms in total. The normalized spacial score (nSPS) is 16.7. The van der Waals surface area contributed by atoms with Crippen LogP contribution in [0.4, 0.5) is 0 Å². The number of carbonyl (C=O) groups excluding carboxylic acids is 1. The van der Waals surface area contributed by atoms with Crippen LogP contribution in [0.15, 0.2) is 59.5 Å². The fourth-order valence-corrected chi connectivity index (χ4v) is 5.31. The van der Waals surface area contributed by atoms with Crippen molar-refractivity contribution in [3.8, 4) is 28.7 Å². The van der Waals surface area contributed by atoms with Crippen LogP contribution in [0.2, 0.25) is 5.02 Å². The van der Waals surface area contributed by atoms with Crippen molar-refractivity contribution in [2.75, 3.05) is 0 Å². The van der Waals surface area contributed by atoms with Gasteiger partial charge in [-0.25, -0.2) is 0 Å². The molecule has 0 atom stereocenters. The summed E-state index contributed by atoms with van der Waals surface area (Å²) in [6.07, 6.45) is 3.19. The van der Waals surface area contributed by atoms with E-state index in [4.69, 9.17) is 16.3 Å². The number of amides is 1. The molecule has 0 bridgehead atoms. The molecular weight excluding hydrogens is 476 g/mol. The summed E-state index contributed by atoms with van der Waals surface area (Å²) in [5.74, 6) is 0.451. The number of aromatic amines is 1. The first-order valence-corrected chi connectivity index (χ1v) is 12.1. The Balaban J connectivity index is 1.53. The highest BCUT2D eigenvalue weighted by atomic mass is 35.5. The van der Waals surface area contributed by atoms with Gasteiger partial charge < -0.3 is 20.4 Å². The number of nitrogens with zero attached hydrogens (tertiary/aromatic N) is 1. The Bertz CT molecular complexity index is 1370. The summed E-state index contributed by atoms with van der Waals surface area (Å²) >= 11 is 6.49. The third kappa shape index (κ3) is 5.78. The lowest BCUT2D eigenvalue weighted by Gasteiger charge is -2.46. The second-order valence-electron chi connectivity index (χ2n) is 10.5. The molecule has 0 aliphatic carbocycles. The number of halogens is 1. The number of hydrogen-bond donors (Lipinski definition) is 3. The molecule has 1 amide bonds. The minimum Gasteiger partial charge on any atom is -0.454 e. The number of nitriles is 1. The quantitative estimate of drug-likeness (QED) is 0.431. The van der Waals surface area contributed by atoms with Crippen molar-refractivity contribution in [3.05, 3.63) is 81.2 Å². The van der Waals surface area contributed by atoms with Gasteiger partial charge in [0.25, 0.3) is 5.91 Å². The van der Waals surface area contributed by atoms with Gasteiger partial charge in [-0.15, -0.1) is 0 Å². The van der Waals surface area contributed by atoms with Gasteiger partial charge in [0.2, 0.25) is 5.56 Å². The highest BCUT2D eigenvalue weighted by Crippen LogP contribution is 2.36. The van der Waals surface area contributed by atoms with Gasteiger partial charge in [-0.1, -0.05) is 23.7 Å². The monoisotopic (exact) mass is 504 g/mol. The molecule has 1 aliphatic heterocycles. The van der Waals surface area contributed by atoms with E-state index in [1.165, 1.54) is 6.07 Å². The summed E-state index contributed by atoms with van der Waals surface area (Å²) < 4.78 is 5.99. The number of piperidine rings is 1. The molecule has 0 spiro atoms. The number of benzene rings is 2. The van der Waals surface area contributed by atoms with Gasteiger partial charge >= 0.3 is 0 Å². The van der Waals surface area contributed by atoms with E-state index in [1.807, 2.05) is 0 Å². The largest absolute Gasteiger partial charge is 0.454 e. The van der Waals surface area contributed by atoms with Gasteiger partial charge in [-0.2, -0.15) is 5.26 Å². The molecule has 1 aromatic heterocycles. The summed E-state index contributed by atoms with van der Waals surface area (Å²) in [5.41, 5.74) is 1.63. The van der Waals surface area contributed by atoms with Gasteiger partial charge in [0, 0.05) is 40.5 Å². The zero-order chi connectivity index (χ0) is 26.1. The Hall–Kier alpha value is -3.60. The average molecular weight is 505 g/mol. The second kappa shape index (κ2) is 9.81. The Morgan fingerprint density at radius 2 is 1.81 bits per heavy atom. The minimum absolute atomic E-state index is 0.0345. The van der Waals surface area contributed by atoms with E-state index in [2.05, 4.69) is 49.4 Å². The van der Waals surface area contributed by atoms with Crippen molar-refractivity contribution in [2.45, 2.75) is 57.7 Å². The Labute approximate surface area is 215 Å². The summed E-state index contributed by atoms with van der Waals surface area (Å²) in [6, 6.07) is 15.3. The fraction of sp³-hybridized carbons (Fsp3) is 0.321. The van der Waals surface area contributed by atoms with Crippen LogP contribution in [0.3, 0.4) is 0 Å². The number of H-pyrrole nitrogens is 1. The third-order valence-electron chi connectivity index (χ3n) is 6.17. The molecule has 0 radical (unpaired) electrons. The van der Waals surface area contributed by atoms with Crippen molar-refractivity contribution in [2.24, 2.45) is 0 Å². The average Bonchev–Trinajstić information content (AvgIpc) is 2.78. The minimum atomic E-state index is -0.229. The van der Waals surface area contributed by atoms with E-state index >= 15 is 0 Å². The van der Waals surface area contributed by atoms with Crippen LogP contribution in [-0.2, 0) is 0 Å². The Morgan fingerprint density at radius 1 is 1.08 bits per heavy atom. The molecule has 2 aromatic carbocycles. The van der Waals surface area contributed by atoms with Crippen molar-refractivity contribution >= 4 is 17.5 Å². The Kier molecular flexibility index (Phi) is 6.94. The molecule has 1 fully saturated rings. The smallest absolute Gasteiger partial charge is 0.251 e. The number of carbonyl (C=O) groups is 1. The SMILES string of the molecule is CC1(C)CC(NC(=O)c2ccc(Oc3cccc(-c4ccc(=O)[nH]c4)c3C#N)c(Cl)c2)CC(C)(C)N1. The molecule has 3 N–H and O–H groups in total. The maximum atomic E-state index is 13.0. The van der Waals surface area contributed by atoms with E-state index < -0.39 is 0 Å². The predicted molar refractivity (Wildman–Crippen MR) is 141 cm³/mol. The van der Waals surface area contributed by atoms with Gasteiger partial charge in [0.1, 0.15) is 23.1 Å². The van der Waals surface area contributed by atoms with Gasteiger partial charge in [-0.05, 0) is 76.4 Å². The van der Waals surface area contributed by atoms with Crippen molar-refractivity contribution in [3.63, 3.8) is 0 Å². The molecule has 36 heavy (non-hydrogen) atoms. The summed E-state index contributed by atoms with van der Waals surface area (Å²) in [6.45, 7) is 8.55. The lowest BCUT2D eigenvalue weighted by molar-refractivity contribution is 0.0873. The van der Waals surface area contributed by atoms with Crippen LogP contribution in [-0.4, -0.2) is 28.0 Å². The van der Waals surface area contributed by atoms with Crippen molar-refractivity contribution < 1.29 is 9.53 Å². The first-order valence-electron chi connectivity index (χ1n) is 11.8. The number of pyridine rings is 1. The first kappa shape index (κ1) is 25.5. The van der Waals surface area contributed by atoms with Gasteiger partial charge in [0.15, 0.2) is 0 Å². The zero-order valence-electron chi connectivity index (χ0n) is 20.7. The highest BCUT2D eigenvalue weighted by Gasteiger charge is 2.38. The second-order valence-corrected chi connectivity index (χ2v) is 10.9. The van der Waals surface area contributed by atoms with E-state index in [0.29, 0.717) is 33.8 Å². The Morgan fingerprint density at radius 3 is 2.42 bits per heavy atom. The van der Waals surface area contributed by atoms with Gasteiger partial charge in [-0.3, -0.25) is 9.59 Å². The van der Waals surface area contributed by atoms with Crippen LogP contribution in [0, 0.1) is 11.3 Å². The number of nitrogens with one attached hydrogen (secondary N) is 3. The fourth-order valence-electron chi connectivity index (χ4n) is 5.09. The zero-order valence-corrected chi connectivity index (χ0v) is 21.5. The molecule has 4 rings (SSSR count). The van der Waals surface area contributed by atoms with Crippen LogP contribution in [0.25, 0.3) is 11.1 Å². The molecule has 2 heterocycles. The maximum Gasteiger partial charge on any atom is 0.251 e. The van der Waals surface area contributed by atoms with Crippen LogP contribution >= 0.6 is 11.6 Å². The summed E-state index contributed by atoms with van der Waals surface area (Å²) in [5, 5.41) is 16.8. The van der Waals surface area contributed by atoms with Gasteiger partial charge in [0.05, 0.1) is 5.02 Å². The molecule has 1 aliphatic rings. The molecule has 8 heteroatoms. The summed E-state index contributed by atoms with van der Waals surface area (Å²) in [7, 11) is 0. The molecular formula is C28H29ClN4O3. The van der Waals surface area contributed by atoms with Crippen LogP contribution < -0.4 is 20.9 Å². The standard InChI is InChI=1S/C28H29ClN4O3/c1-27(2)13-19(14-28(3,4)33-27)32-26(35)17-8-10-24(22(29)12-17)36-23-7-5-6-20(21(23)15-30)18-9-11-25(34)31-16-18/h5-12,16,19,33H,13-14H2,1-4H3,(H,31,34)(H,32,35). The maximum absolute atomic E-state index is 13.0. The first-order chi connectivity index (χ1) is 17.0. The molecule has 186 valence electrons.